The van der Waals surface area contributed by atoms with E-state index in [0.717, 1.165) is 0 Å². The Morgan fingerprint density at radius 2 is 0.909 bits per heavy atom. The number of rotatable bonds is 0. The average Bonchev–Trinajstić information content (AvgIpc) is 1.88. The second kappa shape index (κ2) is 4.19. The van der Waals surface area contributed by atoms with Crippen LogP contribution in [0, 0.1) is 0 Å². The van der Waals surface area contributed by atoms with Gasteiger partial charge in [0.1, 0.15) is 0 Å². The summed E-state index contributed by atoms with van der Waals surface area (Å²) in [4.78, 5) is 10.5. The first-order valence-electron chi connectivity index (χ1n) is 2.41. The Morgan fingerprint density at radius 1 is 0.727 bits per heavy atom. The minimum absolute atomic E-state index is 0.0417. The minimum Gasteiger partial charge on any atom is -0.368 e. The first kappa shape index (κ1) is 9.33. The number of nitrogens with two attached hydrogens (primary N) is 3. The normalized spacial score (nSPS) is 8.18. The van der Waals surface area contributed by atoms with Crippen LogP contribution in [0.3, 0.4) is 0 Å². The molecule has 0 radical (unpaired) electrons. The Bertz CT molecular complexity index is 177. The highest BCUT2D eigenvalue weighted by Crippen LogP contribution is 1.97. The van der Waals surface area contributed by atoms with Gasteiger partial charge in [-0.1, -0.05) is 0 Å². The smallest absolute Gasteiger partial charge is 0.226 e. The molecule has 0 bridgehead atoms. The van der Waals surface area contributed by atoms with Gasteiger partial charge in [0.05, 0.1) is 0 Å². The molecule has 1 rings (SSSR count). The molecule has 0 saturated carbocycles. The van der Waals surface area contributed by atoms with Gasteiger partial charge in [0.25, 0.3) is 0 Å². The summed E-state index contributed by atoms with van der Waals surface area (Å²) < 4.78 is 0. The zero-order valence-electron chi connectivity index (χ0n) is 5.47. The maximum Gasteiger partial charge on any atom is 0.226 e. The summed E-state index contributed by atoms with van der Waals surface area (Å²) >= 11 is 0. The molecule has 62 valence electrons. The van der Waals surface area contributed by atoms with Gasteiger partial charge in [0, 0.05) is 0 Å². The van der Waals surface area contributed by atoms with E-state index in [0.29, 0.717) is 0 Å². The Balaban J connectivity index is 0.000000461. The first-order chi connectivity index (χ1) is 5.18. The van der Waals surface area contributed by atoms with Crippen molar-refractivity contribution < 1.29 is 10.5 Å². The van der Waals surface area contributed by atoms with E-state index in [-0.39, 0.29) is 17.8 Å². The van der Waals surface area contributed by atoms with E-state index in [4.69, 9.17) is 27.7 Å². The van der Waals surface area contributed by atoms with Crippen molar-refractivity contribution in [2.45, 2.75) is 0 Å². The molecule has 0 aliphatic heterocycles. The standard InChI is InChI=1S/C3H6N6.H2O2/c4-1-7-2(5)9-3(6)8-1;1-2/h(H6,4,5,6,7,8,9);1-2H. The molecule has 0 aliphatic carbocycles. The zero-order valence-corrected chi connectivity index (χ0v) is 5.47. The molecule has 0 amide bonds. The molecule has 0 atom stereocenters. The highest BCUT2D eigenvalue weighted by Gasteiger charge is 1.93. The largest absolute Gasteiger partial charge is 0.368 e. The van der Waals surface area contributed by atoms with Gasteiger partial charge in [-0.15, -0.1) is 0 Å². The molecule has 8 heteroatoms. The van der Waals surface area contributed by atoms with Crippen molar-refractivity contribution in [2.24, 2.45) is 0 Å². The van der Waals surface area contributed by atoms with Crippen molar-refractivity contribution in [3.8, 4) is 0 Å². The van der Waals surface area contributed by atoms with Crippen LogP contribution in [0.4, 0.5) is 17.8 Å². The van der Waals surface area contributed by atoms with Crippen molar-refractivity contribution in [2.75, 3.05) is 17.2 Å². The minimum atomic E-state index is 0.0417. The lowest BCUT2D eigenvalue weighted by Gasteiger charge is -1.93. The maximum absolute atomic E-state index is 6.00. The number of nitrogen functional groups attached to an aromatic ring is 3. The van der Waals surface area contributed by atoms with Crippen LogP contribution in [-0.2, 0) is 0 Å². The van der Waals surface area contributed by atoms with Gasteiger partial charge < -0.3 is 17.2 Å². The number of hydrogen-bond acceptors (Lipinski definition) is 8. The number of anilines is 3. The summed E-state index contributed by atoms with van der Waals surface area (Å²) in [6.07, 6.45) is 0. The maximum atomic E-state index is 6.00. The predicted molar refractivity (Wildman–Crippen MR) is 38.3 cm³/mol. The van der Waals surface area contributed by atoms with E-state index in [1.54, 1.807) is 0 Å². The molecule has 1 aromatic rings. The van der Waals surface area contributed by atoms with Crippen molar-refractivity contribution in [1.29, 1.82) is 0 Å². The molecule has 11 heavy (non-hydrogen) atoms. The highest BCUT2D eigenvalue weighted by molar-refractivity contribution is 5.33. The van der Waals surface area contributed by atoms with Gasteiger partial charge in [-0.3, -0.25) is 10.5 Å². The van der Waals surface area contributed by atoms with E-state index in [9.17, 15) is 0 Å². The SMILES string of the molecule is Nc1nc(N)nc(N)n1.OO. The molecule has 0 unspecified atom stereocenters. The molecular formula is C3H8N6O2. The van der Waals surface area contributed by atoms with Gasteiger partial charge in [-0.25, -0.2) is 0 Å². The highest BCUT2D eigenvalue weighted by atomic mass is 17.0. The van der Waals surface area contributed by atoms with Crippen LogP contribution in [0.25, 0.3) is 0 Å². The monoisotopic (exact) mass is 160 g/mol. The fourth-order valence-electron chi connectivity index (χ4n) is 0.427. The van der Waals surface area contributed by atoms with Crippen LogP contribution in [0.15, 0.2) is 0 Å². The second-order valence-corrected chi connectivity index (χ2v) is 1.41. The zero-order chi connectivity index (χ0) is 8.85. The second-order valence-electron chi connectivity index (χ2n) is 1.41. The summed E-state index contributed by atoms with van der Waals surface area (Å²) in [7, 11) is 0. The van der Waals surface area contributed by atoms with Crippen molar-refractivity contribution >= 4 is 17.8 Å². The van der Waals surface area contributed by atoms with Crippen LogP contribution in [-0.4, -0.2) is 25.5 Å². The van der Waals surface area contributed by atoms with E-state index in [1.165, 1.54) is 0 Å². The average molecular weight is 160 g/mol. The molecule has 8 nitrogen and oxygen atoms in total. The van der Waals surface area contributed by atoms with Crippen LogP contribution < -0.4 is 17.2 Å². The summed E-state index contributed by atoms with van der Waals surface area (Å²) in [5.74, 6) is 0.125. The van der Waals surface area contributed by atoms with E-state index >= 15 is 0 Å². The third-order valence-electron chi connectivity index (χ3n) is 0.687. The lowest BCUT2D eigenvalue weighted by Crippen LogP contribution is -2.05. The van der Waals surface area contributed by atoms with E-state index in [2.05, 4.69) is 15.0 Å². The molecule has 1 heterocycles. The molecule has 0 spiro atoms. The van der Waals surface area contributed by atoms with E-state index in [1.807, 2.05) is 0 Å². The first-order valence-corrected chi connectivity index (χ1v) is 2.41. The van der Waals surface area contributed by atoms with Crippen LogP contribution in [0.2, 0.25) is 0 Å². The number of aromatic nitrogens is 3. The number of nitrogens with zero attached hydrogens (tertiary/aromatic N) is 3. The molecule has 1 aromatic heterocycles. The van der Waals surface area contributed by atoms with Crippen LogP contribution >= 0.6 is 0 Å². The van der Waals surface area contributed by atoms with Crippen molar-refractivity contribution in [1.82, 2.24) is 15.0 Å². The predicted octanol–water partition coefficient (Wildman–Crippen LogP) is -1.36. The Kier molecular flexibility index (Phi) is 3.56. The lowest BCUT2D eigenvalue weighted by atomic mass is 10.9. The van der Waals surface area contributed by atoms with Gasteiger partial charge in [0.15, 0.2) is 0 Å². The quantitative estimate of drug-likeness (QED) is 0.230. The fraction of sp³-hybridized carbons (Fsp3) is 0. The van der Waals surface area contributed by atoms with Crippen LogP contribution in [0.1, 0.15) is 0 Å². The molecule has 0 aromatic carbocycles. The van der Waals surface area contributed by atoms with Gasteiger partial charge in [-0.2, -0.15) is 15.0 Å². The fourth-order valence-corrected chi connectivity index (χ4v) is 0.427. The van der Waals surface area contributed by atoms with Gasteiger partial charge >= 0.3 is 0 Å². The molecule has 0 aliphatic rings. The Morgan fingerprint density at radius 3 is 1.09 bits per heavy atom. The summed E-state index contributed by atoms with van der Waals surface area (Å²) in [5.41, 5.74) is 15.4. The summed E-state index contributed by atoms with van der Waals surface area (Å²) in [5, 5.41) is 12.0. The third-order valence-corrected chi connectivity index (χ3v) is 0.687. The summed E-state index contributed by atoms with van der Waals surface area (Å²) in [6.45, 7) is 0. The Labute approximate surface area is 61.6 Å². The Hall–Kier alpha value is -1.67. The van der Waals surface area contributed by atoms with Gasteiger partial charge in [0.2, 0.25) is 17.8 Å². The number of hydrogen-bond donors (Lipinski definition) is 5. The van der Waals surface area contributed by atoms with E-state index < -0.39 is 0 Å². The third kappa shape index (κ3) is 3.13. The van der Waals surface area contributed by atoms with Crippen molar-refractivity contribution in [3.63, 3.8) is 0 Å². The molecule has 0 fully saturated rings. The lowest BCUT2D eigenvalue weighted by molar-refractivity contribution is -0.176. The van der Waals surface area contributed by atoms with Crippen molar-refractivity contribution in [3.05, 3.63) is 0 Å². The molecule has 8 N–H and O–H groups in total. The van der Waals surface area contributed by atoms with Gasteiger partial charge in [-0.05, 0) is 0 Å². The van der Waals surface area contributed by atoms with Crippen LogP contribution in [0.5, 0.6) is 0 Å². The topological polar surface area (TPSA) is 157 Å². The molecule has 0 saturated heterocycles. The summed E-state index contributed by atoms with van der Waals surface area (Å²) in [6, 6.07) is 0. The molecular weight excluding hydrogens is 152 g/mol.